The van der Waals surface area contributed by atoms with E-state index in [1.54, 1.807) is 21.0 Å². The van der Waals surface area contributed by atoms with Crippen molar-refractivity contribution >= 4 is 0 Å². The molecule has 4 rings (SSSR count). The molecule has 3 unspecified atom stereocenters. The van der Waals surface area contributed by atoms with Crippen LogP contribution < -0.4 is 16.0 Å². The first-order valence-corrected chi connectivity index (χ1v) is 12.4. The Hall–Kier alpha value is -1.39. The molecule has 1 aromatic rings. The second kappa shape index (κ2) is 10.6. The lowest BCUT2D eigenvalue weighted by atomic mass is 9.77. The van der Waals surface area contributed by atoms with E-state index >= 15 is 0 Å². The van der Waals surface area contributed by atoms with E-state index in [4.69, 9.17) is 14.2 Å². The van der Waals surface area contributed by atoms with Gasteiger partial charge in [-0.1, -0.05) is 12.1 Å². The number of aliphatic hydroxyl groups excluding tert-OH is 2. The predicted molar refractivity (Wildman–Crippen MR) is 124 cm³/mol. The molecule has 10 atom stereocenters. The third-order valence-corrected chi connectivity index (χ3v) is 7.64. The van der Waals surface area contributed by atoms with Crippen molar-refractivity contribution in [3.63, 3.8) is 0 Å². The summed E-state index contributed by atoms with van der Waals surface area (Å²) in [5.74, 6) is -2.33. The first-order chi connectivity index (χ1) is 17.3. The fourth-order valence-corrected chi connectivity index (χ4v) is 5.62. The lowest BCUT2D eigenvalue weighted by Crippen LogP contribution is -2.81. The van der Waals surface area contributed by atoms with E-state index < -0.39 is 72.0 Å². The molecule has 2 saturated heterocycles. The van der Waals surface area contributed by atoms with E-state index in [1.165, 1.54) is 12.1 Å². The molecule has 0 radical (unpaired) electrons. The summed E-state index contributed by atoms with van der Waals surface area (Å²) in [4.78, 5) is 0. The highest BCUT2D eigenvalue weighted by atomic mass is 19.4. The average molecular weight is 536 g/mol. The minimum absolute atomic E-state index is 0.0114. The molecule has 13 heteroatoms. The zero-order chi connectivity index (χ0) is 27.2. The molecular formula is C24H36F3N3O7. The van der Waals surface area contributed by atoms with Crippen molar-refractivity contribution in [1.29, 1.82) is 0 Å². The Bertz CT molecular complexity index is 926. The molecule has 3 aliphatic rings. The normalized spacial score (nSPS) is 42.2. The van der Waals surface area contributed by atoms with Crippen molar-refractivity contribution in [3.05, 3.63) is 35.4 Å². The van der Waals surface area contributed by atoms with Crippen LogP contribution >= 0.6 is 0 Å². The highest BCUT2D eigenvalue weighted by Gasteiger charge is 2.68. The summed E-state index contributed by atoms with van der Waals surface area (Å²) in [5.41, 5.74) is -1.94. The van der Waals surface area contributed by atoms with E-state index in [-0.39, 0.29) is 13.0 Å². The Morgan fingerprint density at radius 2 is 1.62 bits per heavy atom. The van der Waals surface area contributed by atoms with Gasteiger partial charge in [0.05, 0.1) is 29.9 Å². The number of ether oxygens (including phenoxy) is 3. The van der Waals surface area contributed by atoms with E-state index in [0.717, 1.165) is 12.1 Å². The zero-order valence-electron chi connectivity index (χ0n) is 20.9. The monoisotopic (exact) mass is 535 g/mol. The molecule has 1 aromatic carbocycles. The number of halogens is 3. The highest BCUT2D eigenvalue weighted by Crippen LogP contribution is 2.46. The van der Waals surface area contributed by atoms with Crippen molar-refractivity contribution in [2.24, 2.45) is 0 Å². The van der Waals surface area contributed by atoms with E-state index in [9.17, 15) is 33.6 Å². The van der Waals surface area contributed by atoms with Crippen LogP contribution in [-0.4, -0.2) is 108 Å². The maximum Gasteiger partial charge on any atom is 0.416 e. The second-order valence-corrected chi connectivity index (χ2v) is 10.1. The summed E-state index contributed by atoms with van der Waals surface area (Å²) < 4.78 is 56.1. The predicted octanol–water partition coefficient (Wildman–Crippen LogP) is -0.912. The number of hydrogen-bond acceptors (Lipinski definition) is 10. The third-order valence-electron chi connectivity index (χ3n) is 7.64. The lowest BCUT2D eigenvalue weighted by molar-refractivity contribution is -0.482. The molecule has 10 nitrogen and oxygen atoms in total. The quantitative estimate of drug-likeness (QED) is 0.219. The van der Waals surface area contributed by atoms with E-state index in [0.29, 0.717) is 18.5 Å². The molecule has 0 bridgehead atoms. The van der Waals surface area contributed by atoms with Crippen molar-refractivity contribution in [2.45, 2.75) is 86.2 Å². The van der Waals surface area contributed by atoms with Crippen LogP contribution in [0.2, 0.25) is 0 Å². The van der Waals surface area contributed by atoms with Crippen LogP contribution in [0.15, 0.2) is 24.3 Å². The van der Waals surface area contributed by atoms with Crippen molar-refractivity contribution in [3.8, 4) is 0 Å². The topological polar surface area (TPSA) is 145 Å². The van der Waals surface area contributed by atoms with Gasteiger partial charge in [-0.15, -0.1) is 0 Å². The summed E-state index contributed by atoms with van der Waals surface area (Å²) in [6.45, 7) is 1.87. The summed E-state index contributed by atoms with van der Waals surface area (Å²) in [6.07, 6.45) is -10.2. The second-order valence-electron chi connectivity index (χ2n) is 10.1. The Morgan fingerprint density at radius 1 is 0.973 bits per heavy atom. The molecular weight excluding hydrogens is 499 g/mol. The van der Waals surface area contributed by atoms with E-state index in [2.05, 4.69) is 16.0 Å². The molecule has 1 aliphatic carbocycles. The minimum atomic E-state index is -4.41. The van der Waals surface area contributed by atoms with Gasteiger partial charge in [-0.05, 0) is 51.7 Å². The number of nitrogens with one attached hydrogen (secondary N) is 3. The molecule has 1 saturated carbocycles. The van der Waals surface area contributed by atoms with Crippen molar-refractivity contribution in [1.82, 2.24) is 16.0 Å². The van der Waals surface area contributed by atoms with Gasteiger partial charge in [0.25, 0.3) is 0 Å². The number of alkyl halides is 3. The standard InChI is InChI=1S/C24H36F3N3O7/c1-12-10-22(33,11-30-9-8-13-4-6-14(7-5-13)24(25,26)27)23(34)21(35-12)36-20-18(32)15(28-2)17(31)16(29-3)19(20)37-23/h4-7,12,15-21,28-34H,8-11H2,1-3H3/t12-,15?,16+,17+,18+,19-,20?,21+,22?,23-/m1/s1. The van der Waals surface area contributed by atoms with Crippen LogP contribution in [0.5, 0.6) is 0 Å². The number of benzene rings is 1. The van der Waals surface area contributed by atoms with Gasteiger partial charge in [0.2, 0.25) is 12.1 Å². The SMILES string of the molecule is CNC1[C@H](O)C2O[C@@H]3O[C@H](C)CC(O)(CNCCc4ccc(C(F)(F)F)cc4)[C@]3(O)O[C@@H]2[C@@H](NC)[C@H]1O. The Kier molecular flexibility index (Phi) is 8.23. The highest BCUT2D eigenvalue weighted by molar-refractivity contribution is 5.24. The maximum atomic E-state index is 12.8. The van der Waals surface area contributed by atoms with Crippen LogP contribution in [0, 0.1) is 0 Å². The molecule has 0 amide bonds. The van der Waals surface area contributed by atoms with Gasteiger partial charge in [0, 0.05) is 13.0 Å². The van der Waals surface area contributed by atoms with Crippen molar-refractivity contribution in [2.75, 3.05) is 27.2 Å². The van der Waals surface area contributed by atoms with Gasteiger partial charge in [-0.2, -0.15) is 13.2 Å². The van der Waals surface area contributed by atoms with Crippen molar-refractivity contribution < 1.29 is 47.8 Å². The third kappa shape index (κ3) is 5.26. The van der Waals surface area contributed by atoms with Crippen LogP contribution in [0.25, 0.3) is 0 Å². The molecule has 37 heavy (non-hydrogen) atoms. The van der Waals surface area contributed by atoms with Crippen LogP contribution in [0.1, 0.15) is 24.5 Å². The smallest absolute Gasteiger partial charge is 0.390 e. The molecule has 7 N–H and O–H groups in total. The molecule has 2 heterocycles. The number of rotatable bonds is 7. The molecule has 3 fully saturated rings. The number of likely N-dealkylation sites (N-methyl/N-ethyl adjacent to an activating group) is 2. The molecule has 0 spiro atoms. The largest absolute Gasteiger partial charge is 0.416 e. The zero-order valence-corrected chi connectivity index (χ0v) is 20.9. The van der Waals surface area contributed by atoms with Gasteiger partial charge < -0.3 is 50.6 Å². The van der Waals surface area contributed by atoms with Crippen LogP contribution in [0.4, 0.5) is 13.2 Å². The van der Waals surface area contributed by atoms with Crippen LogP contribution in [0.3, 0.4) is 0 Å². The Balaban J connectivity index is 1.46. The Morgan fingerprint density at radius 3 is 2.22 bits per heavy atom. The molecule has 0 aromatic heterocycles. The van der Waals surface area contributed by atoms with Crippen LogP contribution in [-0.2, 0) is 26.8 Å². The maximum absolute atomic E-state index is 12.8. The Labute approximate surface area is 213 Å². The first kappa shape index (κ1) is 28.6. The number of hydrogen-bond donors (Lipinski definition) is 7. The fourth-order valence-electron chi connectivity index (χ4n) is 5.62. The average Bonchev–Trinajstić information content (AvgIpc) is 2.82. The molecule has 210 valence electrons. The number of aliphatic hydroxyl groups is 4. The number of fused-ring (bicyclic) bond motifs is 2. The minimum Gasteiger partial charge on any atom is -0.390 e. The van der Waals surface area contributed by atoms with Gasteiger partial charge in [-0.25, -0.2) is 0 Å². The summed E-state index contributed by atoms with van der Waals surface area (Å²) >= 11 is 0. The first-order valence-electron chi connectivity index (χ1n) is 12.4. The van der Waals surface area contributed by atoms with Gasteiger partial charge in [0.1, 0.15) is 23.9 Å². The summed E-state index contributed by atoms with van der Waals surface area (Å²) in [7, 11) is 3.20. The van der Waals surface area contributed by atoms with Gasteiger partial charge in [0.15, 0.2) is 0 Å². The lowest BCUT2D eigenvalue weighted by Gasteiger charge is -2.60. The summed E-state index contributed by atoms with van der Waals surface area (Å²) in [6, 6.07) is 3.35. The fraction of sp³-hybridized carbons (Fsp3) is 0.750. The van der Waals surface area contributed by atoms with Gasteiger partial charge >= 0.3 is 6.18 Å². The van der Waals surface area contributed by atoms with Gasteiger partial charge in [-0.3, -0.25) is 0 Å². The van der Waals surface area contributed by atoms with E-state index in [1.807, 2.05) is 0 Å². The molecule has 2 aliphatic heterocycles. The summed E-state index contributed by atoms with van der Waals surface area (Å²) in [5, 5.41) is 53.7.